The van der Waals surface area contributed by atoms with Gasteiger partial charge in [0.2, 0.25) is 0 Å². The third-order valence-corrected chi connectivity index (χ3v) is 2.96. The highest BCUT2D eigenvalue weighted by molar-refractivity contribution is 9.10. The summed E-state index contributed by atoms with van der Waals surface area (Å²) in [5.41, 5.74) is 13.9. The summed E-state index contributed by atoms with van der Waals surface area (Å²) in [6, 6.07) is 6.36. The molecule has 0 radical (unpaired) electrons. The minimum atomic E-state index is 0. The third kappa shape index (κ3) is 4.51. The first-order chi connectivity index (χ1) is 6.65. The average molecular weight is 294 g/mol. The quantitative estimate of drug-likeness (QED) is 0.897. The van der Waals surface area contributed by atoms with Gasteiger partial charge in [0.05, 0.1) is 0 Å². The summed E-state index contributed by atoms with van der Waals surface area (Å²) in [5.74, 6) is 0. The standard InChI is InChI=1S/C11H17BrN2.ClH/c1-8-4-5-9(10(12)7-8)11(14)3-2-6-13;/h4-5,7,11H,2-3,6,13-14H2,1H3;1H/t11-;/m0./s1. The van der Waals surface area contributed by atoms with Gasteiger partial charge in [-0.2, -0.15) is 0 Å². The molecule has 0 unspecified atom stereocenters. The van der Waals surface area contributed by atoms with E-state index < -0.39 is 0 Å². The van der Waals surface area contributed by atoms with Crippen LogP contribution in [0.15, 0.2) is 22.7 Å². The molecule has 0 bridgehead atoms. The fourth-order valence-corrected chi connectivity index (χ4v) is 2.21. The molecule has 0 aliphatic heterocycles. The summed E-state index contributed by atoms with van der Waals surface area (Å²) in [6.07, 6.45) is 1.92. The van der Waals surface area contributed by atoms with E-state index >= 15 is 0 Å². The molecule has 1 aromatic rings. The van der Waals surface area contributed by atoms with Gasteiger partial charge in [-0.1, -0.05) is 28.1 Å². The Bertz CT molecular complexity index is 305. The number of rotatable bonds is 4. The molecule has 0 spiro atoms. The Morgan fingerprint density at radius 1 is 1.40 bits per heavy atom. The van der Waals surface area contributed by atoms with Crippen molar-refractivity contribution in [3.63, 3.8) is 0 Å². The van der Waals surface area contributed by atoms with Crippen LogP contribution in [-0.4, -0.2) is 6.54 Å². The molecule has 4 N–H and O–H groups in total. The average Bonchev–Trinajstić information content (AvgIpc) is 2.14. The summed E-state index contributed by atoms with van der Waals surface area (Å²) >= 11 is 3.53. The van der Waals surface area contributed by atoms with Gasteiger partial charge in [-0.3, -0.25) is 0 Å². The second kappa shape index (κ2) is 7.23. The van der Waals surface area contributed by atoms with Gasteiger partial charge in [0.25, 0.3) is 0 Å². The fraction of sp³-hybridized carbons (Fsp3) is 0.455. The molecule has 86 valence electrons. The van der Waals surface area contributed by atoms with E-state index in [-0.39, 0.29) is 18.4 Å². The van der Waals surface area contributed by atoms with Crippen LogP contribution in [0.4, 0.5) is 0 Å². The van der Waals surface area contributed by atoms with Gasteiger partial charge < -0.3 is 11.5 Å². The molecule has 0 aromatic heterocycles. The molecule has 1 aromatic carbocycles. The fourth-order valence-electron chi connectivity index (χ4n) is 1.43. The van der Waals surface area contributed by atoms with E-state index in [0.29, 0.717) is 6.54 Å². The highest BCUT2D eigenvalue weighted by atomic mass is 79.9. The largest absolute Gasteiger partial charge is 0.330 e. The first-order valence-corrected chi connectivity index (χ1v) is 5.66. The number of hydrogen-bond acceptors (Lipinski definition) is 2. The minimum Gasteiger partial charge on any atom is -0.330 e. The maximum absolute atomic E-state index is 6.05. The molecule has 0 amide bonds. The second-order valence-corrected chi connectivity index (χ2v) is 4.42. The molecular weight excluding hydrogens is 275 g/mol. The Hall–Kier alpha value is -0.0900. The van der Waals surface area contributed by atoms with E-state index in [1.54, 1.807) is 0 Å². The van der Waals surface area contributed by atoms with Crippen molar-refractivity contribution in [3.8, 4) is 0 Å². The zero-order valence-electron chi connectivity index (χ0n) is 8.87. The zero-order valence-corrected chi connectivity index (χ0v) is 11.3. The van der Waals surface area contributed by atoms with Crippen molar-refractivity contribution >= 4 is 28.3 Å². The number of halogens is 2. The molecule has 0 fully saturated rings. The maximum atomic E-state index is 6.05. The topological polar surface area (TPSA) is 52.0 Å². The lowest BCUT2D eigenvalue weighted by Crippen LogP contribution is -2.13. The molecular formula is C11H18BrClN2. The van der Waals surface area contributed by atoms with Crippen LogP contribution in [-0.2, 0) is 0 Å². The molecule has 0 aliphatic rings. The molecule has 0 saturated heterocycles. The van der Waals surface area contributed by atoms with Crippen molar-refractivity contribution in [2.75, 3.05) is 6.54 Å². The molecule has 1 atom stereocenters. The van der Waals surface area contributed by atoms with Crippen LogP contribution in [0, 0.1) is 6.92 Å². The minimum absolute atomic E-state index is 0. The zero-order chi connectivity index (χ0) is 10.6. The van der Waals surface area contributed by atoms with E-state index in [1.165, 1.54) is 11.1 Å². The SMILES string of the molecule is Cc1ccc([C@@H](N)CCCN)c(Br)c1.Cl. The molecule has 4 heteroatoms. The van der Waals surface area contributed by atoms with Crippen LogP contribution in [0.1, 0.15) is 30.0 Å². The van der Waals surface area contributed by atoms with E-state index in [2.05, 4.69) is 41.1 Å². The van der Waals surface area contributed by atoms with Gasteiger partial charge in [0.15, 0.2) is 0 Å². The number of nitrogens with two attached hydrogens (primary N) is 2. The van der Waals surface area contributed by atoms with Gasteiger partial charge in [-0.25, -0.2) is 0 Å². The maximum Gasteiger partial charge on any atom is 0.0306 e. The Morgan fingerprint density at radius 3 is 2.60 bits per heavy atom. The van der Waals surface area contributed by atoms with Crippen molar-refractivity contribution in [1.82, 2.24) is 0 Å². The van der Waals surface area contributed by atoms with Crippen LogP contribution in [0.5, 0.6) is 0 Å². The normalized spacial score (nSPS) is 12.0. The van der Waals surface area contributed by atoms with E-state index in [4.69, 9.17) is 11.5 Å². The first-order valence-electron chi connectivity index (χ1n) is 4.87. The van der Waals surface area contributed by atoms with E-state index in [0.717, 1.165) is 17.3 Å². The smallest absolute Gasteiger partial charge is 0.0306 e. The summed E-state index contributed by atoms with van der Waals surface area (Å²) in [4.78, 5) is 0. The van der Waals surface area contributed by atoms with Gasteiger partial charge in [-0.05, 0) is 43.5 Å². The monoisotopic (exact) mass is 292 g/mol. The lowest BCUT2D eigenvalue weighted by atomic mass is 10.0. The van der Waals surface area contributed by atoms with Gasteiger partial charge >= 0.3 is 0 Å². The summed E-state index contributed by atoms with van der Waals surface area (Å²) in [5, 5.41) is 0. The lowest BCUT2D eigenvalue weighted by Gasteiger charge is -2.13. The van der Waals surface area contributed by atoms with Crippen molar-refractivity contribution in [2.45, 2.75) is 25.8 Å². The Labute approximate surface area is 106 Å². The van der Waals surface area contributed by atoms with Crippen LogP contribution in [0.25, 0.3) is 0 Å². The van der Waals surface area contributed by atoms with E-state index in [9.17, 15) is 0 Å². The number of benzene rings is 1. The number of aryl methyl sites for hydroxylation is 1. The highest BCUT2D eigenvalue weighted by Gasteiger charge is 2.08. The van der Waals surface area contributed by atoms with Crippen LogP contribution < -0.4 is 11.5 Å². The van der Waals surface area contributed by atoms with Gasteiger partial charge in [-0.15, -0.1) is 12.4 Å². The molecule has 0 aliphatic carbocycles. The van der Waals surface area contributed by atoms with Crippen molar-refractivity contribution in [2.24, 2.45) is 11.5 Å². The molecule has 15 heavy (non-hydrogen) atoms. The molecule has 0 heterocycles. The third-order valence-electron chi connectivity index (χ3n) is 2.27. The Balaban J connectivity index is 0.00000196. The highest BCUT2D eigenvalue weighted by Crippen LogP contribution is 2.25. The second-order valence-electron chi connectivity index (χ2n) is 3.56. The van der Waals surface area contributed by atoms with Crippen molar-refractivity contribution in [3.05, 3.63) is 33.8 Å². The van der Waals surface area contributed by atoms with Crippen molar-refractivity contribution < 1.29 is 0 Å². The van der Waals surface area contributed by atoms with Gasteiger partial charge in [0.1, 0.15) is 0 Å². The lowest BCUT2D eigenvalue weighted by molar-refractivity contribution is 0.616. The summed E-state index contributed by atoms with van der Waals surface area (Å²) in [7, 11) is 0. The van der Waals surface area contributed by atoms with Crippen LogP contribution >= 0.6 is 28.3 Å². The molecule has 2 nitrogen and oxygen atoms in total. The Kier molecular flexibility index (Phi) is 7.18. The van der Waals surface area contributed by atoms with Crippen molar-refractivity contribution in [1.29, 1.82) is 0 Å². The predicted molar refractivity (Wildman–Crippen MR) is 71.3 cm³/mol. The summed E-state index contributed by atoms with van der Waals surface area (Å²) < 4.78 is 1.10. The summed E-state index contributed by atoms with van der Waals surface area (Å²) in [6.45, 7) is 2.77. The number of hydrogen-bond donors (Lipinski definition) is 2. The van der Waals surface area contributed by atoms with E-state index in [1.807, 2.05) is 0 Å². The van der Waals surface area contributed by atoms with Crippen LogP contribution in [0.3, 0.4) is 0 Å². The Morgan fingerprint density at radius 2 is 2.07 bits per heavy atom. The predicted octanol–water partition coefficient (Wildman–Crippen LogP) is 2.92. The molecule has 1 rings (SSSR count). The molecule has 0 saturated carbocycles. The van der Waals surface area contributed by atoms with Gasteiger partial charge in [0, 0.05) is 10.5 Å². The first kappa shape index (κ1) is 14.9. The van der Waals surface area contributed by atoms with Crippen LogP contribution in [0.2, 0.25) is 0 Å².